The molecule has 35 heavy (non-hydrogen) atoms. The van der Waals surface area contributed by atoms with E-state index in [1.54, 1.807) is 27.7 Å². The summed E-state index contributed by atoms with van der Waals surface area (Å²) in [5.41, 5.74) is 4.22. The van der Waals surface area contributed by atoms with E-state index in [1.165, 1.54) is 9.80 Å². The summed E-state index contributed by atoms with van der Waals surface area (Å²) in [5.74, 6) is -2.00. The summed E-state index contributed by atoms with van der Waals surface area (Å²) in [5, 5.41) is 1.12. The van der Waals surface area contributed by atoms with Crippen molar-refractivity contribution in [2.45, 2.75) is 71.1 Å². The van der Waals surface area contributed by atoms with E-state index in [9.17, 15) is 24.0 Å². The van der Waals surface area contributed by atoms with Crippen molar-refractivity contribution in [2.24, 2.45) is 5.92 Å². The van der Waals surface area contributed by atoms with E-state index in [1.807, 2.05) is 0 Å². The molecule has 3 atom stereocenters. The number of hydroxylamine groups is 2. The Bertz CT molecular complexity index is 844. The average molecular weight is 498 g/mol. The normalized spacial score (nSPS) is 24.2. The van der Waals surface area contributed by atoms with Crippen molar-refractivity contribution in [3.05, 3.63) is 0 Å². The van der Waals surface area contributed by atoms with E-state index in [0.29, 0.717) is 32.2 Å². The second kappa shape index (κ2) is 11.1. The fraction of sp³-hybridized carbons (Fsp3) is 0.773. The molecule has 3 saturated heterocycles. The van der Waals surface area contributed by atoms with Gasteiger partial charge in [0.1, 0.15) is 11.6 Å². The maximum atomic E-state index is 12.8. The number of hydrazine groups is 1. The Labute approximate surface area is 204 Å². The average Bonchev–Trinajstić information content (AvgIpc) is 3.04. The van der Waals surface area contributed by atoms with Crippen molar-refractivity contribution >= 4 is 29.9 Å². The minimum atomic E-state index is -0.778. The van der Waals surface area contributed by atoms with Gasteiger partial charge in [-0.05, 0) is 53.4 Å². The molecule has 2 bridgehead atoms. The minimum absolute atomic E-state index is 0.194. The molecule has 0 aliphatic carbocycles. The van der Waals surface area contributed by atoms with Crippen LogP contribution in [0.15, 0.2) is 0 Å². The van der Waals surface area contributed by atoms with Crippen molar-refractivity contribution in [1.29, 1.82) is 0 Å². The molecule has 196 valence electrons. The number of amides is 5. The summed E-state index contributed by atoms with van der Waals surface area (Å²) < 4.78 is 10.2. The molecule has 3 fully saturated rings. The number of fused-ring (bicyclic) bond motifs is 2. The van der Waals surface area contributed by atoms with Crippen LogP contribution in [-0.2, 0) is 28.7 Å². The van der Waals surface area contributed by atoms with Crippen molar-refractivity contribution in [2.75, 3.05) is 32.8 Å². The van der Waals surface area contributed by atoms with Gasteiger partial charge in [-0.25, -0.2) is 14.4 Å². The molecule has 3 aliphatic rings. The topological polar surface area (TPSA) is 147 Å². The van der Waals surface area contributed by atoms with Crippen LogP contribution in [0.4, 0.5) is 9.59 Å². The van der Waals surface area contributed by atoms with Gasteiger partial charge in [0, 0.05) is 19.6 Å². The van der Waals surface area contributed by atoms with E-state index in [4.69, 9.17) is 14.3 Å². The summed E-state index contributed by atoms with van der Waals surface area (Å²) in [6.45, 7) is 7.79. The molecule has 5 amide bonds. The fourth-order valence-corrected chi connectivity index (χ4v) is 4.39. The van der Waals surface area contributed by atoms with Crippen LogP contribution in [0.5, 0.6) is 0 Å². The lowest BCUT2D eigenvalue weighted by molar-refractivity contribution is -0.172. The van der Waals surface area contributed by atoms with Crippen LogP contribution < -0.4 is 10.9 Å². The number of likely N-dealkylation sites (tertiary alicyclic amines) is 1. The Kier molecular flexibility index (Phi) is 8.41. The number of hydrogen-bond donors (Lipinski definition) is 2. The van der Waals surface area contributed by atoms with Gasteiger partial charge in [-0.3, -0.25) is 25.3 Å². The van der Waals surface area contributed by atoms with Gasteiger partial charge in [0.15, 0.2) is 6.61 Å². The number of carbonyl (C=O) groups excluding carboxylic acids is 5. The Morgan fingerprint density at radius 1 is 1.03 bits per heavy atom. The van der Waals surface area contributed by atoms with Crippen LogP contribution in [-0.4, -0.2) is 95.3 Å². The molecular weight excluding hydrogens is 462 g/mol. The summed E-state index contributed by atoms with van der Waals surface area (Å²) >= 11 is 0. The number of carbonyl (C=O) groups is 5. The Balaban J connectivity index is 1.48. The van der Waals surface area contributed by atoms with Crippen molar-refractivity contribution in [3.63, 3.8) is 0 Å². The maximum absolute atomic E-state index is 12.8. The third kappa shape index (κ3) is 6.74. The molecule has 3 rings (SSSR count). The van der Waals surface area contributed by atoms with Gasteiger partial charge < -0.3 is 19.3 Å². The van der Waals surface area contributed by atoms with Gasteiger partial charge >= 0.3 is 18.1 Å². The predicted molar refractivity (Wildman–Crippen MR) is 120 cm³/mol. The lowest BCUT2D eigenvalue weighted by Gasteiger charge is -2.33. The van der Waals surface area contributed by atoms with Crippen LogP contribution in [0.1, 0.15) is 53.4 Å². The lowest BCUT2D eigenvalue weighted by atomic mass is 9.97. The smallest absolute Gasteiger partial charge is 0.410 e. The molecule has 2 N–H and O–H groups in total. The predicted octanol–water partition coefficient (Wildman–Crippen LogP) is 0.544. The molecule has 0 aromatic heterocycles. The van der Waals surface area contributed by atoms with E-state index >= 15 is 0 Å². The molecule has 0 saturated carbocycles. The molecule has 0 aromatic carbocycles. The largest absolute Gasteiger partial charge is 0.464 e. The zero-order chi connectivity index (χ0) is 25.8. The third-order valence-corrected chi connectivity index (χ3v) is 6.01. The first kappa shape index (κ1) is 26.5. The first-order chi connectivity index (χ1) is 16.5. The van der Waals surface area contributed by atoms with Gasteiger partial charge in [0.05, 0.1) is 18.6 Å². The standard InChI is InChI=1S/C22H35N5O8/c1-5-33-17(28)13-34-27-15-8-9-16(26(12-15)20(27)31)19(30)24-23-18(29)14-7-6-10-25(11-14)21(32)35-22(2,3)4/h14-16H,5-13H2,1-4H3,(H,23,29)(H,24,30)/t14-,15?,16?/m1/s1. The highest BCUT2D eigenvalue weighted by molar-refractivity contribution is 5.90. The first-order valence-electron chi connectivity index (χ1n) is 12.0. The first-order valence-corrected chi connectivity index (χ1v) is 12.0. The van der Waals surface area contributed by atoms with Crippen LogP contribution in [0.25, 0.3) is 0 Å². The monoisotopic (exact) mass is 497 g/mol. The molecule has 13 heteroatoms. The summed E-state index contributed by atoms with van der Waals surface area (Å²) in [7, 11) is 0. The number of rotatable bonds is 6. The highest BCUT2D eigenvalue weighted by Crippen LogP contribution is 2.30. The maximum Gasteiger partial charge on any atom is 0.410 e. The van der Waals surface area contributed by atoms with Gasteiger partial charge in [0.2, 0.25) is 5.91 Å². The van der Waals surface area contributed by atoms with Gasteiger partial charge in [-0.1, -0.05) is 0 Å². The molecule has 2 unspecified atom stereocenters. The number of hydrogen-bond acceptors (Lipinski definition) is 8. The van der Waals surface area contributed by atoms with Gasteiger partial charge in [0.25, 0.3) is 5.91 Å². The van der Waals surface area contributed by atoms with Crippen molar-refractivity contribution in [3.8, 4) is 0 Å². The van der Waals surface area contributed by atoms with Crippen molar-refractivity contribution < 1.29 is 38.3 Å². The van der Waals surface area contributed by atoms with E-state index in [2.05, 4.69) is 10.9 Å². The zero-order valence-electron chi connectivity index (χ0n) is 20.7. The van der Waals surface area contributed by atoms with E-state index < -0.39 is 54.1 Å². The van der Waals surface area contributed by atoms with Crippen LogP contribution in [0, 0.1) is 5.92 Å². The number of esters is 1. The summed E-state index contributed by atoms with van der Waals surface area (Å²) in [6.07, 6.45) is 1.62. The number of ether oxygens (including phenoxy) is 2. The van der Waals surface area contributed by atoms with Gasteiger partial charge in [-0.2, -0.15) is 5.06 Å². The van der Waals surface area contributed by atoms with E-state index in [-0.39, 0.29) is 25.7 Å². The third-order valence-electron chi connectivity index (χ3n) is 6.01. The summed E-state index contributed by atoms with van der Waals surface area (Å²) in [4.78, 5) is 70.2. The molecular formula is C22H35N5O8. The summed E-state index contributed by atoms with van der Waals surface area (Å²) in [6, 6.07) is -1.56. The molecule has 3 aliphatic heterocycles. The van der Waals surface area contributed by atoms with Gasteiger partial charge in [-0.15, -0.1) is 0 Å². The highest BCUT2D eigenvalue weighted by atomic mass is 16.7. The number of piperidine rings is 2. The quantitative estimate of drug-likeness (QED) is 0.399. The minimum Gasteiger partial charge on any atom is -0.464 e. The Morgan fingerprint density at radius 3 is 2.43 bits per heavy atom. The molecule has 0 radical (unpaired) electrons. The zero-order valence-corrected chi connectivity index (χ0v) is 20.7. The molecule has 0 spiro atoms. The second-order valence-corrected chi connectivity index (χ2v) is 9.83. The van der Waals surface area contributed by atoms with Crippen molar-refractivity contribution in [1.82, 2.24) is 25.7 Å². The Morgan fingerprint density at radius 2 is 1.74 bits per heavy atom. The van der Waals surface area contributed by atoms with Crippen LogP contribution >= 0.6 is 0 Å². The van der Waals surface area contributed by atoms with E-state index in [0.717, 1.165) is 5.06 Å². The molecule has 3 heterocycles. The number of nitrogens with zero attached hydrogens (tertiary/aromatic N) is 3. The number of nitrogens with one attached hydrogen (secondary N) is 2. The Hall–Kier alpha value is -3.09. The lowest BCUT2D eigenvalue weighted by Crippen LogP contribution is -2.56. The fourth-order valence-electron chi connectivity index (χ4n) is 4.39. The van der Waals surface area contributed by atoms with Crippen LogP contribution in [0.3, 0.4) is 0 Å². The SMILES string of the molecule is CCOC(=O)CON1C(=O)N2CC1CCC2C(=O)NNC(=O)[C@@H]1CCCN(C(=O)OC(C)(C)C)C1. The highest BCUT2D eigenvalue weighted by Gasteiger charge is 2.48. The molecule has 13 nitrogen and oxygen atoms in total. The van der Waals surface area contributed by atoms with Crippen LogP contribution in [0.2, 0.25) is 0 Å². The molecule has 0 aromatic rings. The number of urea groups is 1. The second-order valence-electron chi connectivity index (χ2n) is 9.83.